The van der Waals surface area contributed by atoms with Crippen LogP contribution in [-0.2, 0) is 11.2 Å². The minimum atomic E-state index is -0.261. The molecule has 1 heterocycles. The molecule has 1 saturated heterocycles. The normalized spacial score (nSPS) is 20.8. The number of carbonyl (C=O) groups excluding carboxylic acids is 1. The summed E-state index contributed by atoms with van der Waals surface area (Å²) in [4.78, 5) is 11.8. The van der Waals surface area contributed by atoms with Crippen LogP contribution in [0.4, 0.5) is 4.39 Å². The third kappa shape index (κ3) is 3.53. The fraction of sp³-hybridized carbons (Fsp3) is 0.462. The summed E-state index contributed by atoms with van der Waals surface area (Å²) in [5.74, 6) is -0.183. The van der Waals surface area contributed by atoms with Gasteiger partial charge in [0.15, 0.2) is 0 Å². The van der Waals surface area contributed by atoms with E-state index in [0.29, 0.717) is 6.42 Å². The predicted octanol–water partition coefficient (Wildman–Crippen LogP) is 3.05. The maximum Gasteiger partial charge on any atom is 0.223 e. The van der Waals surface area contributed by atoms with Crippen LogP contribution in [0.3, 0.4) is 0 Å². The van der Waals surface area contributed by atoms with Crippen molar-refractivity contribution in [1.82, 2.24) is 5.32 Å². The van der Waals surface area contributed by atoms with Crippen LogP contribution in [0.5, 0.6) is 0 Å². The smallest absolute Gasteiger partial charge is 0.223 e. The number of hydrogen-bond acceptors (Lipinski definition) is 1. The van der Waals surface area contributed by atoms with Crippen LogP contribution in [0.2, 0.25) is 0 Å². The molecule has 1 aliphatic rings. The molecular formula is C13H15BrFNO. The van der Waals surface area contributed by atoms with E-state index in [1.807, 2.05) is 6.07 Å². The lowest BCUT2D eigenvalue weighted by Gasteiger charge is -2.13. The molecule has 0 aliphatic carbocycles. The summed E-state index contributed by atoms with van der Waals surface area (Å²) in [7, 11) is 0. The lowest BCUT2D eigenvalue weighted by molar-refractivity contribution is -0.124. The molecule has 17 heavy (non-hydrogen) atoms. The van der Waals surface area contributed by atoms with E-state index in [-0.39, 0.29) is 17.6 Å². The van der Waals surface area contributed by atoms with Gasteiger partial charge < -0.3 is 5.32 Å². The number of halogens is 2. The third-order valence-corrected chi connectivity index (χ3v) is 3.51. The number of carbonyl (C=O) groups is 1. The van der Waals surface area contributed by atoms with Gasteiger partial charge in [-0.25, -0.2) is 4.39 Å². The number of amides is 1. The lowest BCUT2D eigenvalue weighted by Crippen LogP contribution is -2.30. The van der Waals surface area contributed by atoms with Crippen LogP contribution >= 0.6 is 15.9 Å². The first-order chi connectivity index (χ1) is 8.15. The van der Waals surface area contributed by atoms with Gasteiger partial charge in [0.25, 0.3) is 0 Å². The van der Waals surface area contributed by atoms with Crippen molar-refractivity contribution >= 4 is 21.8 Å². The summed E-state index contributed by atoms with van der Waals surface area (Å²) in [5.41, 5.74) is 0.874. The van der Waals surface area contributed by atoms with Crippen LogP contribution in [0, 0.1) is 11.7 Å². The third-order valence-electron chi connectivity index (χ3n) is 3.05. The van der Waals surface area contributed by atoms with Crippen molar-refractivity contribution in [3.63, 3.8) is 0 Å². The molecule has 0 spiro atoms. The summed E-state index contributed by atoms with van der Waals surface area (Å²) in [6.45, 7) is 0.766. The van der Waals surface area contributed by atoms with E-state index in [9.17, 15) is 9.18 Å². The first kappa shape index (κ1) is 12.6. The van der Waals surface area contributed by atoms with Gasteiger partial charge in [0, 0.05) is 16.9 Å². The molecule has 1 N–H and O–H groups in total. The number of nitrogens with one attached hydrogen (secondary N) is 1. The minimum absolute atomic E-state index is 0.0220. The van der Waals surface area contributed by atoms with E-state index in [1.54, 1.807) is 0 Å². The van der Waals surface area contributed by atoms with Crippen molar-refractivity contribution in [2.24, 2.45) is 5.92 Å². The highest BCUT2D eigenvalue weighted by Crippen LogP contribution is 2.21. The molecule has 92 valence electrons. The molecule has 1 fully saturated rings. The van der Waals surface area contributed by atoms with E-state index in [2.05, 4.69) is 21.2 Å². The summed E-state index contributed by atoms with van der Waals surface area (Å²) >= 11 is 3.27. The first-order valence-corrected chi connectivity index (χ1v) is 6.67. The molecule has 0 aromatic heterocycles. The second-order valence-corrected chi connectivity index (χ2v) is 5.38. The molecule has 2 rings (SSSR count). The molecule has 0 saturated carbocycles. The average molecular weight is 300 g/mol. The molecule has 1 amide bonds. The van der Waals surface area contributed by atoms with Crippen molar-refractivity contribution in [3.8, 4) is 0 Å². The largest absolute Gasteiger partial charge is 0.356 e. The zero-order valence-corrected chi connectivity index (χ0v) is 11.1. The topological polar surface area (TPSA) is 29.1 Å². The summed E-state index contributed by atoms with van der Waals surface area (Å²) < 4.78 is 14.0. The van der Waals surface area contributed by atoms with E-state index in [0.717, 1.165) is 35.8 Å². The van der Waals surface area contributed by atoms with Crippen molar-refractivity contribution < 1.29 is 9.18 Å². The Bertz CT molecular complexity index is 402. The Morgan fingerprint density at radius 1 is 1.35 bits per heavy atom. The zero-order chi connectivity index (χ0) is 12.3. The van der Waals surface area contributed by atoms with Gasteiger partial charge in [-0.05, 0) is 43.0 Å². The van der Waals surface area contributed by atoms with Crippen LogP contribution < -0.4 is 5.32 Å². The van der Waals surface area contributed by atoms with Crippen LogP contribution in [0.1, 0.15) is 24.8 Å². The second kappa shape index (κ2) is 5.63. The van der Waals surface area contributed by atoms with Crippen molar-refractivity contribution in [1.29, 1.82) is 0 Å². The van der Waals surface area contributed by atoms with Gasteiger partial charge in [-0.2, -0.15) is 0 Å². The maximum atomic E-state index is 13.2. The maximum absolute atomic E-state index is 13.2. The van der Waals surface area contributed by atoms with Gasteiger partial charge in [0.2, 0.25) is 5.91 Å². The van der Waals surface area contributed by atoms with E-state index < -0.39 is 0 Å². The Kier molecular flexibility index (Phi) is 4.15. The molecule has 1 aromatic rings. The van der Waals surface area contributed by atoms with E-state index in [4.69, 9.17) is 0 Å². The van der Waals surface area contributed by atoms with Gasteiger partial charge in [-0.15, -0.1) is 0 Å². The van der Waals surface area contributed by atoms with E-state index >= 15 is 0 Å². The highest BCUT2D eigenvalue weighted by molar-refractivity contribution is 9.10. The fourth-order valence-corrected chi connectivity index (χ4v) is 2.72. The Balaban J connectivity index is 2.10. The standard InChI is InChI=1S/C13H15BrFNO/c14-11-6-9(7-12(15)8-11)5-10-3-1-2-4-16-13(10)17/h6-8,10H,1-5H2,(H,16,17). The van der Waals surface area contributed by atoms with Gasteiger partial charge in [-0.3, -0.25) is 4.79 Å². The van der Waals surface area contributed by atoms with Crippen LogP contribution in [0.15, 0.2) is 22.7 Å². The summed E-state index contributed by atoms with van der Waals surface area (Å²) in [6.07, 6.45) is 3.59. The van der Waals surface area contributed by atoms with Crippen molar-refractivity contribution in [2.75, 3.05) is 6.54 Å². The molecule has 2 nitrogen and oxygen atoms in total. The van der Waals surface area contributed by atoms with Gasteiger partial charge in [-0.1, -0.05) is 22.4 Å². The highest BCUT2D eigenvalue weighted by Gasteiger charge is 2.21. The number of rotatable bonds is 2. The summed E-state index contributed by atoms with van der Waals surface area (Å²) in [6, 6.07) is 4.81. The quantitative estimate of drug-likeness (QED) is 0.893. The lowest BCUT2D eigenvalue weighted by atomic mass is 9.94. The molecule has 4 heteroatoms. The Labute approximate surface area is 109 Å². The highest BCUT2D eigenvalue weighted by atomic mass is 79.9. The summed E-state index contributed by atoms with van der Waals surface area (Å²) in [5, 5.41) is 2.90. The van der Waals surface area contributed by atoms with Gasteiger partial charge in [0.05, 0.1) is 0 Å². The Morgan fingerprint density at radius 2 is 2.18 bits per heavy atom. The molecule has 0 bridgehead atoms. The van der Waals surface area contributed by atoms with E-state index in [1.165, 1.54) is 12.1 Å². The van der Waals surface area contributed by atoms with Gasteiger partial charge in [0.1, 0.15) is 5.82 Å². The predicted molar refractivity (Wildman–Crippen MR) is 68.2 cm³/mol. The monoisotopic (exact) mass is 299 g/mol. The molecule has 1 aromatic carbocycles. The molecule has 0 radical (unpaired) electrons. The fourth-order valence-electron chi connectivity index (χ4n) is 2.21. The average Bonchev–Trinajstić information content (AvgIpc) is 2.43. The Hall–Kier alpha value is -0.900. The SMILES string of the molecule is O=C1NCCCCC1Cc1cc(F)cc(Br)c1. The molecule has 1 unspecified atom stereocenters. The van der Waals surface area contributed by atoms with Crippen molar-refractivity contribution in [3.05, 3.63) is 34.1 Å². The zero-order valence-electron chi connectivity index (χ0n) is 9.51. The minimum Gasteiger partial charge on any atom is -0.356 e. The van der Waals surface area contributed by atoms with Gasteiger partial charge >= 0.3 is 0 Å². The van der Waals surface area contributed by atoms with Crippen LogP contribution in [0.25, 0.3) is 0 Å². The second-order valence-electron chi connectivity index (χ2n) is 4.47. The Morgan fingerprint density at radius 3 is 2.94 bits per heavy atom. The molecular weight excluding hydrogens is 285 g/mol. The number of benzene rings is 1. The first-order valence-electron chi connectivity index (χ1n) is 5.88. The van der Waals surface area contributed by atoms with Crippen molar-refractivity contribution in [2.45, 2.75) is 25.7 Å². The molecule has 1 atom stereocenters. The number of hydrogen-bond donors (Lipinski definition) is 1. The van der Waals surface area contributed by atoms with Crippen LogP contribution in [-0.4, -0.2) is 12.5 Å². The molecule has 1 aliphatic heterocycles.